The summed E-state index contributed by atoms with van der Waals surface area (Å²) < 4.78 is 1.76. The summed E-state index contributed by atoms with van der Waals surface area (Å²) in [4.78, 5) is 31.2. The second-order valence-electron chi connectivity index (χ2n) is 5.65. The maximum atomic E-state index is 12.6. The van der Waals surface area contributed by atoms with Gasteiger partial charge in [-0.3, -0.25) is 9.20 Å². The lowest BCUT2D eigenvalue weighted by molar-refractivity contribution is 0.0707. The van der Waals surface area contributed by atoms with Gasteiger partial charge in [0.1, 0.15) is 12.0 Å². The van der Waals surface area contributed by atoms with E-state index >= 15 is 0 Å². The van der Waals surface area contributed by atoms with E-state index in [1.54, 1.807) is 29.3 Å². The van der Waals surface area contributed by atoms with Crippen LogP contribution < -0.4 is 0 Å². The van der Waals surface area contributed by atoms with Crippen LogP contribution in [0.15, 0.2) is 43.2 Å². The third-order valence-electron chi connectivity index (χ3n) is 4.26. The van der Waals surface area contributed by atoms with Crippen molar-refractivity contribution in [3.8, 4) is 0 Å². The summed E-state index contributed by atoms with van der Waals surface area (Å²) in [7, 11) is 0. The minimum Gasteiger partial charge on any atom is -0.337 e. The Kier molecular flexibility index (Phi) is 3.45. The van der Waals surface area contributed by atoms with Gasteiger partial charge in [-0.25, -0.2) is 19.9 Å². The maximum absolute atomic E-state index is 12.6. The fourth-order valence-electron chi connectivity index (χ4n) is 3.02. The molecule has 0 saturated carbocycles. The van der Waals surface area contributed by atoms with Crippen molar-refractivity contribution in [3.05, 3.63) is 54.6 Å². The topological polar surface area (TPSA) is 76.3 Å². The quantitative estimate of drug-likeness (QED) is 0.718. The molecule has 1 amide bonds. The normalized spacial score (nSPS) is 15.9. The van der Waals surface area contributed by atoms with Crippen molar-refractivity contribution in [2.45, 2.75) is 18.8 Å². The monoisotopic (exact) mass is 308 g/mol. The summed E-state index contributed by atoms with van der Waals surface area (Å²) in [6, 6.07) is 3.77. The van der Waals surface area contributed by atoms with Crippen molar-refractivity contribution >= 4 is 11.7 Å². The molecule has 0 unspecified atom stereocenters. The number of piperidine rings is 1. The van der Waals surface area contributed by atoms with Crippen LogP contribution in [0.1, 0.15) is 34.9 Å². The van der Waals surface area contributed by atoms with Crippen LogP contribution in [0.5, 0.6) is 0 Å². The van der Waals surface area contributed by atoms with Crippen molar-refractivity contribution in [1.29, 1.82) is 0 Å². The van der Waals surface area contributed by atoms with Crippen LogP contribution >= 0.6 is 0 Å². The molecule has 3 aromatic heterocycles. The third-order valence-corrected chi connectivity index (χ3v) is 4.26. The molecule has 0 aromatic carbocycles. The van der Waals surface area contributed by atoms with E-state index in [9.17, 15) is 4.79 Å². The Bertz CT molecular complexity index is 790. The van der Waals surface area contributed by atoms with Crippen molar-refractivity contribution in [1.82, 2.24) is 29.2 Å². The molecule has 0 radical (unpaired) electrons. The van der Waals surface area contributed by atoms with Crippen LogP contribution in [0.3, 0.4) is 0 Å². The SMILES string of the molecule is O=C(c1cn2cccnc2n1)N1CCC(c2ccncn2)CC1. The van der Waals surface area contributed by atoms with E-state index in [2.05, 4.69) is 19.9 Å². The van der Waals surface area contributed by atoms with Crippen molar-refractivity contribution in [2.75, 3.05) is 13.1 Å². The van der Waals surface area contributed by atoms with E-state index < -0.39 is 0 Å². The lowest BCUT2D eigenvalue weighted by atomic mass is 9.93. The van der Waals surface area contributed by atoms with Gasteiger partial charge in [-0.15, -0.1) is 0 Å². The molecule has 7 nitrogen and oxygen atoms in total. The molecule has 0 aliphatic carbocycles. The minimum atomic E-state index is -0.0309. The Labute approximate surface area is 133 Å². The summed E-state index contributed by atoms with van der Waals surface area (Å²) >= 11 is 0. The molecule has 0 spiro atoms. The number of hydrogen-bond donors (Lipinski definition) is 0. The van der Waals surface area contributed by atoms with Crippen LogP contribution in [-0.4, -0.2) is 48.2 Å². The lowest BCUT2D eigenvalue weighted by Crippen LogP contribution is -2.38. The molecule has 1 fully saturated rings. The van der Waals surface area contributed by atoms with Crippen molar-refractivity contribution < 1.29 is 4.79 Å². The fraction of sp³-hybridized carbons (Fsp3) is 0.312. The van der Waals surface area contributed by atoms with Crippen LogP contribution in [0.25, 0.3) is 5.78 Å². The zero-order valence-electron chi connectivity index (χ0n) is 12.5. The first kappa shape index (κ1) is 13.8. The standard InChI is InChI=1S/C16H16N6O/c23-15(14-10-22-7-1-5-18-16(22)20-14)21-8-3-12(4-9-21)13-2-6-17-11-19-13/h1-2,5-7,10-12H,3-4,8-9H2. The van der Waals surface area contributed by atoms with Gasteiger partial charge in [0.15, 0.2) is 0 Å². The zero-order chi connectivity index (χ0) is 15.6. The number of imidazole rings is 1. The lowest BCUT2D eigenvalue weighted by Gasteiger charge is -2.31. The first-order valence-electron chi connectivity index (χ1n) is 7.66. The smallest absolute Gasteiger partial charge is 0.274 e. The maximum Gasteiger partial charge on any atom is 0.274 e. The minimum absolute atomic E-state index is 0.0309. The molecule has 23 heavy (non-hydrogen) atoms. The fourth-order valence-corrected chi connectivity index (χ4v) is 3.02. The Morgan fingerprint density at radius 1 is 1.17 bits per heavy atom. The second-order valence-corrected chi connectivity index (χ2v) is 5.65. The highest BCUT2D eigenvalue weighted by Crippen LogP contribution is 2.26. The second kappa shape index (κ2) is 5.75. The number of aromatic nitrogens is 5. The van der Waals surface area contributed by atoms with Crippen molar-refractivity contribution in [3.63, 3.8) is 0 Å². The van der Waals surface area contributed by atoms with E-state index in [1.165, 1.54) is 0 Å². The highest BCUT2D eigenvalue weighted by Gasteiger charge is 2.26. The molecule has 1 aliphatic heterocycles. The summed E-state index contributed by atoms with van der Waals surface area (Å²) in [6.45, 7) is 1.43. The first-order chi connectivity index (χ1) is 11.3. The van der Waals surface area contributed by atoms with Crippen molar-refractivity contribution in [2.24, 2.45) is 0 Å². The van der Waals surface area contributed by atoms with Crippen LogP contribution in [0.4, 0.5) is 0 Å². The average molecular weight is 308 g/mol. The molecule has 0 bridgehead atoms. The first-order valence-corrected chi connectivity index (χ1v) is 7.66. The molecule has 1 saturated heterocycles. The molecule has 7 heteroatoms. The molecule has 0 N–H and O–H groups in total. The van der Waals surface area contributed by atoms with Crippen LogP contribution in [0, 0.1) is 0 Å². The number of amides is 1. The predicted molar refractivity (Wildman–Crippen MR) is 82.9 cm³/mol. The molecule has 3 aromatic rings. The largest absolute Gasteiger partial charge is 0.337 e. The van der Waals surface area contributed by atoms with Gasteiger partial charge in [-0.1, -0.05) is 0 Å². The van der Waals surface area contributed by atoms with Gasteiger partial charge < -0.3 is 4.90 Å². The van der Waals surface area contributed by atoms with Crippen LogP contribution in [0.2, 0.25) is 0 Å². The van der Waals surface area contributed by atoms with Gasteiger partial charge >= 0.3 is 0 Å². The Hall–Kier alpha value is -2.83. The highest BCUT2D eigenvalue weighted by atomic mass is 16.2. The average Bonchev–Trinajstić information content (AvgIpc) is 3.06. The number of hydrogen-bond acceptors (Lipinski definition) is 5. The predicted octanol–water partition coefficient (Wildman–Crippen LogP) is 1.54. The Morgan fingerprint density at radius 2 is 2.04 bits per heavy atom. The van der Waals surface area contributed by atoms with E-state index in [0.717, 1.165) is 31.6 Å². The number of rotatable bonds is 2. The summed E-state index contributed by atoms with van der Waals surface area (Å²) in [5, 5.41) is 0. The Morgan fingerprint density at radius 3 is 2.78 bits per heavy atom. The Balaban J connectivity index is 1.46. The molecule has 1 aliphatic rings. The van der Waals surface area contributed by atoms with Gasteiger partial charge in [-0.05, 0) is 25.0 Å². The number of carbonyl (C=O) groups excluding carboxylic acids is 1. The molecular weight excluding hydrogens is 292 g/mol. The van der Waals surface area contributed by atoms with Gasteiger partial charge in [0.05, 0.1) is 0 Å². The molecule has 4 heterocycles. The number of nitrogens with zero attached hydrogens (tertiary/aromatic N) is 6. The summed E-state index contributed by atoms with van der Waals surface area (Å²) in [5.41, 5.74) is 1.51. The zero-order valence-corrected chi connectivity index (χ0v) is 12.5. The van der Waals surface area contributed by atoms with Gasteiger partial charge in [-0.2, -0.15) is 0 Å². The van der Waals surface area contributed by atoms with E-state index in [-0.39, 0.29) is 5.91 Å². The molecule has 0 atom stereocenters. The summed E-state index contributed by atoms with van der Waals surface area (Å²) in [6.07, 6.45) is 10.4. The highest BCUT2D eigenvalue weighted by molar-refractivity contribution is 5.92. The van der Waals surface area contributed by atoms with Gasteiger partial charge in [0.25, 0.3) is 5.91 Å². The number of likely N-dealkylation sites (tertiary alicyclic amines) is 1. The van der Waals surface area contributed by atoms with E-state index in [1.807, 2.05) is 23.2 Å². The number of fused-ring (bicyclic) bond motifs is 1. The summed E-state index contributed by atoms with van der Waals surface area (Å²) in [5.74, 6) is 0.910. The van der Waals surface area contributed by atoms with Gasteiger partial charge in [0.2, 0.25) is 5.78 Å². The van der Waals surface area contributed by atoms with Gasteiger partial charge in [0, 0.05) is 49.5 Å². The molecule has 116 valence electrons. The van der Waals surface area contributed by atoms with E-state index in [4.69, 9.17) is 0 Å². The third kappa shape index (κ3) is 2.65. The molecular formula is C16H16N6O. The molecule has 4 rings (SSSR count). The van der Waals surface area contributed by atoms with Crippen LogP contribution in [-0.2, 0) is 0 Å². The number of carbonyl (C=O) groups is 1. The van der Waals surface area contributed by atoms with E-state index in [0.29, 0.717) is 17.4 Å².